The van der Waals surface area contributed by atoms with Crippen molar-refractivity contribution >= 4 is 17.6 Å². The van der Waals surface area contributed by atoms with Crippen LogP contribution >= 0.6 is 0 Å². The Hall–Kier alpha value is -2.10. The number of phenolic OH excluding ortho intramolecular Hbond substituents is 2. The zero-order chi connectivity index (χ0) is 16.4. The first-order chi connectivity index (χ1) is 10.5. The standard InChI is InChI=1S/C18H24O4/c1-2-3-4-5-6-7-15(19)13-16(20)10-8-14-9-11-17(21)18(22)12-14/h8-12,21-22H,2-7,13H2,1H3. The Morgan fingerprint density at radius 3 is 2.45 bits per heavy atom. The monoisotopic (exact) mass is 304 g/mol. The Balaban J connectivity index is 2.34. The number of hydrogen-bond acceptors (Lipinski definition) is 4. The number of hydrogen-bond donors (Lipinski definition) is 2. The van der Waals surface area contributed by atoms with Gasteiger partial charge in [0.1, 0.15) is 5.78 Å². The van der Waals surface area contributed by atoms with Crippen LogP contribution in [0.2, 0.25) is 0 Å². The second kappa shape index (κ2) is 9.77. The Labute approximate surface area is 131 Å². The quantitative estimate of drug-likeness (QED) is 0.296. The third-order valence-electron chi connectivity index (χ3n) is 3.39. The molecule has 0 unspecified atom stereocenters. The number of rotatable bonds is 10. The number of phenols is 2. The van der Waals surface area contributed by atoms with Gasteiger partial charge in [0.25, 0.3) is 0 Å². The minimum Gasteiger partial charge on any atom is -0.504 e. The molecule has 0 aliphatic rings. The van der Waals surface area contributed by atoms with Gasteiger partial charge in [0.05, 0.1) is 6.42 Å². The molecule has 120 valence electrons. The van der Waals surface area contributed by atoms with Crippen LogP contribution in [0.3, 0.4) is 0 Å². The van der Waals surface area contributed by atoms with E-state index in [4.69, 9.17) is 0 Å². The smallest absolute Gasteiger partial charge is 0.163 e. The normalized spacial score (nSPS) is 11.0. The summed E-state index contributed by atoms with van der Waals surface area (Å²) < 4.78 is 0. The average Bonchev–Trinajstić information content (AvgIpc) is 2.48. The molecule has 0 aliphatic heterocycles. The number of aromatic hydroxyl groups is 2. The van der Waals surface area contributed by atoms with Gasteiger partial charge in [-0.2, -0.15) is 0 Å². The Morgan fingerprint density at radius 2 is 1.77 bits per heavy atom. The highest BCUT2D eigenvalue weighted by Gasteiger charge is 2.07. The highest BCUT2D eigenvalue weighted by atomic mass is 16.3. The van der Waals surface area contributed by atoms with Crippen molar-refractivity contribution in [2.75, 3.05) is 0 Å². The molecule has 0 fully saturated rings. The van der Waals surface area contributed by atoms with Crippen LogP contribution < -0.4 is 0 Å². The molecule has 0 spiro atoms. The van der Waals surface area contributed by atoms with E-state index in [1.165, 1.54) is 37.1 Å². The lowest BCUT2D eigenvalue weighted by Gasteiger charge is -2.00. The lowest BCUT2D eigenvalue weighted by atomic mass is 10.1. The molecule has 4 nitrogen and oxygen atoms in total. The van der Waals surface area contributed by atoms with Crippen LogP contribution in [0.5, 0.6) is 11.5 Å². The largest absolute Gasteiger partial charge is 0.504 e. The molecule has 1 aromatic carbocycles. The molecule has 0 saturated heterocycles. The lowest BCUT2D eigenvalue weighted by molar-refractivity contribution is -0.124. The van der Waals surface area contributed by atoms with Gasteiger partial charge in [-0.3, -0.25) is 9.59 Å². The van der Waals surface area contributed by atoms with Crippen molar-refractivity contribution < 1.29 is 19.8 Å². The number of ketones is 2. The Bertz CT molecular complexity index is 532. The van der Waals surface area contributed by atoms with Gasteiger partial charge >= 0.3 is 0 Å². The summed E-state index contributed by atoms with van der Waals surface area (Å²) in [7, 11) is 0. The molecular formula is C18H24O4. The predicted molar refractivity (Wildman–Crippen MR) is 86.8 cm³/mol. The highest BCUT2D eigenvalue weighted by Crippen LogP contribution is 2.25. The second-order valence-electron chi connectivity index (χ2n) is 5.43. The Morgan fingerprint density at radius 1 is 1.05 bits per heavy atom. The van der Waals surface area contributed by atoms with Crippen molar-refractivity contribution in [3.05, 3.63) is 29.8 Å². The van der Waals surface area contributed by atoms with Gasteiger partial charge in [0.15, 0.2) is 17.3 Å². The summed E-state index contributed by atoms with van der Waals surface area (Å²) >= 11 is 0. The fraction of sp³-hybridized carbons (Fsp3) is 0.444. The molecule has 0 aliphatic carbocycles. The minimum absolute atomic E-state index is 0.0281. The number of unbranched alkanes of at least 4 members (excludes halogenated alkanes) is 4. The topological polar surface area (TPSA) is 74.6 Å². The SMILES string of the molecule is CCCCCCCC(=O)CC(=O)C=Cc1ccc(O)c(O)c1. The molecule has 4 heteroatoms. The first-order valence-corrected chi connectivity index (χ1v) is 7.77. The maximum Gasteiger partial charge on any atom is 0.163 e. The fourth-order valence-corrected chi connectivity index (χ4v) is 2.10. The average molecular weight is 304 g/mol. The summed E-state index contributed by atoms with van der Waals surface area (Å²) in [6.45, 7) is 2.14. The van der Waals surface area contributed by atoms with Crippen LogP contribution in [0, 0.1) is 0 Å². The van der Waals surface area contributed by atoms with Crippen LogP contribution in [-0.4, -0.2) is 21.8 Å². The highest BCUT2D eigenvalue weighted by molar-refractivity contribution is 6.06. The summed E-state index contributed by atoms with van der Waals surface area (Å²) in [6, 6.07) is 4.28. The molecule has 0 saturated carbocycles. The molecule has 1 aromatic rings. The number of Topliss-reactive ketones (excluding diaryl/α,β-unsaturated/α-hetero) is 1. The van der Waals surface area contributed by atoms with Crippen molar-refractivity contribution in [2.24, 2.45) is 0 Å². The molecule has 2 N–H and O–H groups in total. The van der Waals surface area contributed by atoms with E-state index in [2.05, 4.69) is 6.92 Å². The molecular weight excluding hydrogens is 280 g/mol. The van der Waals surface area contributed by atoms with E-state index in [9.17, 15) is 19.8 Å². The summed E-state index contributed by atoms with van der Waals surface area (Å²) in [6.07, 6.45) is 8.63. The van der Waals surface area contributed by atoms with Crippen molar-refractivity contribution in [3.63, 3.8) is 0 Å². The maximum atomic E-state index is 11.7. The van der Waals surface area contributed by atoms with Gasteiger partial charge in [-0.15, -0.1) is 0 Å². The number of allylic oxidation sites excluding steroid dienone is 1. The first kappa shape index (κ1) is 18.0. The van der Waals surface area contributed by atoms with E-state index < -0.39 is 0 Å². The zero-order valence-electron chi connectivity index (χ0n) is 13.0. The second-order valence-corrected chi connectivity index (χ2v) is 5.43. The number of benzene rings is 1. The van der Waals surface area contributed by atoms with Crippen LogP contribution in [0.25, 0.3) is 6.08 Å². The number of carbonyl (C=O) groups excluding carboxylic acids is 2. The van der Waals surface area contributed by atoms with E-state index in [1.54, 1.807) is 6.07 Å². The molecule has 0 bridgehead atoms. The van der Waals surface area contributed by atoms with Gasteiger partial charge in [0, 0.05) is 6.42 Å². The third kappa shape index (κ3) is 7.07. The summed E-state index contributed by atoms with van der Waals surface area (Å²) in [5.74, 6) is -0.717. The van der Waals surface area contributed by atoms with Gasteiger partial charge in [0.2, 0.25) is 0 Å². The van der Waals surface area contributed by atoms with Crippen LogP contribution in [0.15, 0.2) is 24.3 Å². The first-order valence-electron chi connectivity index (χ1n) is 7.77. The number of carbonyl (C=O) groups is 2. The minimum atomic E-state index is -0.244. The van der Waals surface area contributed by atoms with E-state index in [1.807, 2.05) is 0 Å². The summed E-state index contributed by atoms with van der Waals surface area (Å²) in [4.78, 5) is 23.4. The molecule has 0 atom stereocenters. The van der Waals surface area contributed by atoms with Crippen LogP contribution in [0.4, 0.5) is 0 Å². The molecule has 0 amide bonds. The third-order valence-corrected chi connectivity index (χ3v) is 3.39. The van der Waals surface area contributed by atoms with Crippen molar-refractivity contribution in [2.45, 2.75) is 51.9 Å². The molecule has 22 heavy (non-hydrogen) atoms. The van der Waals surface area contributed by atoms with Crippen molar-refractivity contribution in [1.82, 2.24) is 0 Å². The summed E-state index contributed by atoms with van der Waals surface area (Å²) in [5.41, 5.74) is 0.593. The van der Waals surface area contributed by atoms with E-state index in [-0.39, 0.29) is 29.5 Å². The van der Waals surface area contributed by atoms with Gasteiger partial charge < -0.3 is 10.2 Å². The van der Waals surface area contributed by atoms with E-state index in [0.717, 1.165) is 19.3 Å². The predicted octanol–water partition coefficient (Wildman–Crippen LogP) is 4.00. The van der Waals surface area contributed by atoms with E-state index in [0.29, 0.717) is 12.0 Å². The summed E-state index contributed by atoms with van der Waals surface area (Å²) in [5, 5.41) is 18.5. The molecule has 1 rings (SSSR count). The van der Waals surface area contributed by atoms with Gasteiger partial charge in [-0.1, -0.05) is 44.7 Å². The van der Waals surface area contributed by atoms with Crippen molar-refractivity contribution in [3.8, 4) is 11.5 Å². The van der Waals surface area contributed by atoms with E-state index >= 15 is 0 Å². The Kier molecular flexibility index (Phi) is 7.97. The van der Waals surface area contributed by atoms with Crippen LogP contribution in [-0.2, 0) is 9.59 Å². The molecule has 0 radical (unpaired) electrons. The van der Waals surface area contributed by atoms with Gasteiger partial charge in [-0.05, 0) is 30.2 Å². The molecule has 0 aromatic heterocycles. The van der Waals surface area contributed by atoms with Crippen molar-refractivity contribution in [1.29, 1.82) is 0 Å². The van der Waals surface area contributed by atoms with Crippen LogP contribution in [0.1, 0.15) is 57.4 Å². The maximum absolute atomic E-state index is 11.7. The molecule has 0 heterocycles. The zero-order valence-corrected chi connectivity index (χ0v) is 13.0. The van der Waals surface area contributed by atoms with Gasteiger partial charge in [-0.25, -0.2) is 0 Å². The lowest BCUT2D eigenvalue weighted by Crippen LogP contribution is -2.05. The fourth-order valence-electron chi connectivity index (χ4n) is 2.10.